The Kier molecular flexibility index (Phi) is 5.22. The quantitative estimate of drug-likeness (QED) is 0.354. The van der Waals surface area contributed by atoms with Crippen LogP contribution in [0.15, 0.2) is 0 Å². The summed E-state index contributed by atoms with van der Waals surface area (Å²) < 4.78 is 4.31. The second-order valence-electron chi connectivity index (χ2n) is 2.31. The van der Waals surface area contributed by atoms with Gasteiger partial charge in [0.05, 0.1) is 7.11 Å². The number of methoxy groups -OCH3 is 1. The Labute approximate surface area is 66.9 Å². The smallest absolute Gasteiger partial charge is 0.384 e. The van der Waals surface area contributed by atoms with Crippen molar-refractivity contribution < 1.29 is 9.53 Å². The highest BCUT2D eigenvalue weighted by Crippen LogP contribution is 1.89. The van der Waals surface area contributed by atoms with Gasteiger partial charge in [-0.25, -0.2) is 4.79 Å². The van der Waals surface area contributed by atoms with Crippen LogP contribution in [0, 0.1) is 11.8 Å². The summed E-state index contributed by atoms with van der Waals surface area (Å²) in [5.74, 6) is 4.49. The molecule has 0 saturated heterocycles. The first-order chi connectivity index (χ1) is 5.16. The molecule has 0 aromatic carbocycles. The SMILES string of the molecule is COC(=O)C#CCCC(C)N. The average molecular weight is 155 g/mol. The van der Waals surface area contributed by atoms with Gasteiger partial charge in [0.25, 0.3) is 0 Å². The van der Waals surface area contributed by atoms with Crippen LogP contribution >= 0.6 is 0 Å². The molecule has 0 rings (SSSR count). The normalized spacial score (nSPS) is 11.2. The lowest BCUT2D eigenvalue weighted by Gasteiger charge is -1.97. The van der Waals surface area contributed by atoms with Crippen molar-refractivity contribution in [1.82, 2.24) is 0 Å². The third-order valence-electron chi connectivity index (χ3n) is 1.10. The maximum atomic E-state index is 10.4. The van der Waals surface area contributed by atoms with Gasteiger partial charge in [-0.15, -0.1) is 0 Å². The number of carbonyl (C=O) groups is 1. The van der Waals surface area contributed by atoms with Gasteiger partial charge in [0.1, 0.15) is 0 Å². The second-order valence-corrected chi connectivity index (χ2v) is 2.31. The maximum Gasteiger partial charge on any atom is 0.384 e. The summed E-state index contributed by atoms with van der Waals surface area (Å²) in [6.45, 7) is 1.90. The minimum atomic E-state index is -0.491. The predicted octanol–water partition coefficient (Wildman–Crippen LogP) is 0.290. The molecule has 0 aromatic rings. The monoisotopic (exact) mass is 155 g/mol. The highest BCUT2D eigenvalue weighted by molar-refractivity contribution is 5.88. The molecule has 0 amide bonds. The van der Waals surface area contributed by atoms with Crippen LogP contribution in [0.1, 0.15) is 19.8 Å². The van der Waals surface area contributed by atoms with Gasteiger partial charge < -0.3 is 10.5 Å². The molecule has 0 aliphatic rings. The van der Waals surface area contributed by atoms with Crippen molar-refractivity contribution in [3.63, 3.8) is 0 Å². The highest BCUT2D eigenvalue weighted by Gasteiger charge is 1.91. The molecule has 0 saturated carbocycles. The van der Waals surface area contributed by atoms with Crippen LogP contribution in [0.25, 0.3) is 0 Å². The molecule has 2 N–H and O–H groups in total. The van der Waals surface area contributed by atoms with E-state index in [2.05, 4.69) is 16.6 Å². The third kappa shape index (κ3) is 6.88. The van der Waals surface area contributed by atoms with Gasteiger partial charge in [-0.3, -0.25) is 0 Å². The molecule has 1 unspecified atom stereocenters. The summed E-state index contributed by atoms with van der Waals surface area (Å²) in [6.07, 6.45) is 1.46. The minimum Gasteiger partial charge on any atom is -0.459 e. The largest absolute Gasteiger partial charge is 0.459 e. The highest BCUT2D eigenvalue weighted by atomic mass is 16.5. The Morgan fingerprint density at radius 2 is 2.36 bits per heavy atom. The van der Waals surface area contributed by atoms with E-state index < -0.39 is 5.97 Å². The predicted molar refractivity (Wildman–Crippen MR) is 42.7 cm³/mol. The van der Waals surface area contributed by atoms with Crippen molar-refractivity contribution in [2.24, 2.45) is 5.73 Å². The summed E-state index contributed by atoms with van der Waals surface area (Å²) in [7, 11) is 1.31. The zero-order chi connectivity index (χ0) is 8.69. The minimum absolute atomic E-state index is 0.141. The van der Waals surface area contributed by atoms with Gasteiger partial charge in [-0.1, -0.05) is 5.92 Å². The molecule has 0 fully saturated rings. The lowest BCUT2D eigenvalue weighted by atomic mass is 10.2. The number of carbonyl (C=O) groups excluding carboxylic acids is 1. The number of hydrogen-bond donors (Lipinski definition) is 1. The van der Waals surface area contributed by atoms with Gasteiger partial charge in [0, 0.05) is 18.4 Å². The van der Waals surface area contributed by atoms with Crippen LogP contribution < -0.4 is 5.73 Å². The van der Waals surface area contributed by atoms with Crippen LogP contribution in [0.5, 0.6) is 0 Å². The molecule has 3 nitrogen and oxygen atoms in total. The van der Waals surface area contributed by atoms with E-state index in [1.807, 2.05) is 6.92 Å². The molecule has 0 radical (unpaired) electrons. The van der Waals surface area contributed by atoms with E-state index in [4.69, 9.17) is 5.73 Å². The Balaban J connectivity index is 3.48. The Morgan fingerprint density at radius 3 is 2.82 bits per heavy atom. The van der Waals surface area contributed by atoms with Crippen molar-refractivity contribution in [2.45, 2.75) is 25.8 Å². The molecule has 3 heteroatoms. The Hall–Kier alpha value is -1.01. The van der Waals surface area contributed by atoms with Gasteiger partial charge in [0.2, 0.25) is 0 Å². The van der Waals surface area contributed by atoms with Crippen LogP contribution in [0.2, 0.25) is 0 Å². The topological polar surface area (TPSA) is 52.3 Å². The van der Waals surface area contributed by atoms with Crippen LogP contribution in [0.4, 0.5) is 0 Å². The first-order valence-electron chi connectivity index (χ1n) is 3.49. The van der Waals surface area contributed by atoms with Crippen molar-refractivity contribution in [1.29, 1.82) is 0 Å². The fourth-order valence-corrected chi connectivity index (χ4v) is 0.486. The Morgan fingerprint density at radius 1 is 1.73 bits per heavy atom. The van der Waals surface area contributed by atoms with Crippen molar-refractivity contribution in [3.8, 4) is 11.8 Å². The van der Waals surface area contributed by atoms with E-state index in [1.165, 1.54) is 7.11 Å². The number of ether oxygens (including phenoxy) is 1. The van der Waals surface area contributed by atoms with Crippen molar-refractivity contribution in [2.75, 3.05) is 7.11 Å². The number of nitrogens with two attached hydrogens (primary N) is 1. The van der Waals surface area contributed by atoms with E-state index in [0.717, 1.165) is 6.42 Å². The van der Waals surface area contributed by atoms with Gasteiger partial charge in [0.15, 0.2) is 0 Å². The molecule has 62 valence electrons. The lowest BCUT2D eigenvalue weighted by molar-refractivity contribution is -0.133. The Bertz CT molecular complexity index is 176. The van der Waals surface area contributed by atoms with E-state index in [-0.39, 0.29) is 6.04 Å². The average Bonchev–Trinajstić information content (AvgIpc) is 1.97. The molecule has 11 heavy (non-hydrogen) atoms. The lowest BCUT2D eigenvalue weighted by Crippen LogP contribution is -2.13. The van der Waals surface area contributed by atoms with Gasteiger partial charge >= 0.3 is 5.97 Å². The fourth-order valence-electron chi connectivity index (χ4n) is 0.486. The molecular weight excluding hydrogens is 142 g/mol. The molecule has 0 aromatic heterocycles. The summed E-state index contributed by atoms with van der Waals surface area (Å²) >= 11 is 0. The maximum absolute atomic E-state index is 10.4. The van der Waals surface area contributed by atoms with Crippen molar-refractivity contribution in [3.05, 3.63) is 0 Å². The summed E-state index contributed by atoms with van der Waals surface area (Å²) in [5.41, 5.74) is 5.46. The zero-order valence-electron chi connectivity index (χ0n) is 6.89. The second kappa shape index (κ2) is 5.75. The van der Waals surface area contributed by atoms with E-state index in [1.54, 1.807) is 0 Å². The molecule has 0 spiro atoms. The summed E-state index contributed by atoms with van der Waals surface area (Å²) in [6, 6.07) is 0.141. The standard InChI is InChI=1S/C8H13NO2/c1-7(9)5-3-4-6-8(10)11-2/h7H,3,5,9H2,1-2H3. The fraction of sp³-hybridized carbons (Fsp3) is 0.625. The molecule has 0 aliphatic heterocycles. The molecule has 0 heterocycles. The number of hydrogen-bond acceptors (Lipinski definition) is 3. The number of rotatable bonds is 2. The molecular formula is C8H13NO2. The van der Waals surface area contributed by atoms with E-state index in [9.17, 15) is 4.79 Å². The van der Waals surface area contributed by atoms with Gasteiger partial charge in [-0.05, 0) is 13.3 Å². The summed E-state index contributed by atoms with van der Waals surface area (Å²) in [5, 5.41) is 0. The zero-order valence-corrected chi connectivity index (χ0v) is 6.89. The van der Waals surface area contributed by atoms with Crippen LogP contribution in [0.3, 0.4) is 0 Å². The van der Waals surface area contributed by atoms with E-state index in [0.29, 0.717) is 6.42 Å². The van der Waals surface area contributed by atoms with E-state index >= 15 is 0 Å². The molecule has 0 aliphatic carbocycles. The summed E-state index contributed by atoms with van der Waals surface area (Å²) in [4.78, 5) is 10.4. The van der Waals surface area contributed by atoms with Gasteiger partial charge in [-0.2, -0.15) is 0 Å². The van der Waals surface area contributed by atoms with Crippen LogP contribution in [-0.4, -0.2) is 19.1 Å². The molecule has 0 bridgehead atoms. The van der Waals surface area contributed by atoms with Crippen molar-refractivity contribution >= 4 is 5.97 Å². The number of esters is 1. The third-order valence-corrected chi connectivity index (χ3v) is 1.10. The first-order valence-corrected chi connectivity index (χ1v) is 3.49. The first kappa shape index (κ1) is 9.99. The molecule has 1 atom stereocenters. The van der Waals surface area contributed by atoms with Crippen LogP contribution in [-0.2, 0) is 9.53 Å².